The predicted octanol–water partition coefficient (Wildman–Crippen LogP) is 0.901. The van der Waals surface area contributed by atoms with Gasteiger partial charge in [0.1, 0.15) is 18.1 Å². The molecule has 11 heteroatoms. The highest BCUT2D eigenvalue weighted by molar-refractivity contribution is 5.93. The maximum absolute atomic E-state index is 13.1. The highest BCUT2D eigenvalue weighted by Crippen LogP contribution is 2.10. The summed E-state index contributed by atoms with van der Waals surface area (Å²) in [6, 6.07) is -4.10. The molecule has 6 N–H and O–H groups in total. The number of hydrogen-bond acceptors (Lipinski definition) is 5. The molecule has 11 nitrogen and oxygen atoms in total. The van der Waals surface area contributed by atoms with Gasteiger partial charge in [-0.3, -0.25) is 14.4 Å². The lowest BCUT2D eigenvalue weighted by Gasteiger charge is -2.28. The van der Waals surface area contributed by atoms with Crippen LogP contribution in [0.5, 0.6) is 0 Å². The van der Waals surface area contributed by atoms with E-state index < -0.39 is 42.1 Å². The smallest absolute Gasteiger partial charge is 0.326 e. The topological polar surface area (TPSA) is 166 Å². The van der Waals surface area contributed by atoms with Crippen LogP contribution in [0, 0.1) is 17.8 Å². The zero-order chi connectivity index (χ0) is 26.7. The molecule has 1 heterocycles. The van der Waals surface area contributed by atoms with Crippen molar-refractivity contribution in [2.45, 2.75) is 85.0 Å². The van der Waals surface area contributed by atoms with Crippen molar-refractivity contribution >= 4 is 29.7 Å². The fourth-order valence-corrected chi connectivity index (χ4v) is 3.54. The number of aliphatic carboxylic acids is 1. The van der Waals surface area contributed by atoms with E-state index in [-0.39, 0.29) is 29.6 Å². The molecular weight excluding hydrogens is 454 g/mol. The second-order valence-electron chi connectivity index (χ2n) is 9.88. The van der Waals surface area contributed by atoms with Crippen LogP contribution in [0.1, 0.15) is 60.8 Å². The summed E-state index contributed by atoms with van der Waals surface area (Å²) < 4.78 is 0. The van der Waals surface area contributed by atoms with Gasteiger partial charge in [-0.05, 0) is 37.0 Å². The summed E-state index contributed by atoms with van der Waals surface area (Å²) in [7, 11) is 0. The van der Waals surface area contributed by atoms with E-state index >= 15 is 0 Å². The summed E-state index contributed by atoms with van der Waals surface area (Å²) in [5, 5.41) is 22.7. The lowest BCUT2D eigenvalue weighted by atomic mass is 10.00. The van der Waals surface area contributed by atoms with Crippen LogP contribution >= 0.6 is 0 Å². The quantitative estimate of drug-likeness (QED) is 0.293. The predicted molar refractivity (Wildman–Crippen MR) is 131 cm³/mol. The molecular formula is C24H41N5O6. The highest BCUT2D eigenvalue weighted by Gasteiger charge is 2.31. The molecule has 0 fully saturated rings. The average Bonchev–Trinajstić information content (AvgIpc) is 2.75. The van der Waals surface area contributed by atoms with Crippen molar-refractivity contribution in [1.29, 1.82) is 0 Å². The Kier molecular flexibility index (Phi) is 12.2. The molecule has 4 atom stereocenters. The maximum Gasteiger partial charge on any atom is 0.326 e. The number of nitrogens with one attached hydrogen (secondary N) is 5. The number of carboxylic acid groups (broad SMARTS) is 1. The Labute approximate surface area is 207 Å². The fourth-order valence-electron chi connectivity index (χ4n) is 3.54. The largest absolute Gasteiger partial charge is 0.480 e. The normalized spacial score (nSPS) is 22.2. The second kappa shape index (κ2) is 14.3. The Hall–Kier alpha value is -3.11. The van der Waals surface area contributed by atoms with Crippen LogP contribution < -0.4 is 26.6 Å². The lowest BCUT2D eigenvalue weighted by molar-refractivity contribution is -0.140. The van der Waals surface area contributed by atoms with Crippen molar-refractivity contribution in [2.24, 2.45) is 17.8 Å². The molecule has 0 aromatic rings. The first-order chi connectivity index (χ1) is 16.3. The Morgan fingerprint density at radius 3 is 2.11 bits per heavy atom. The van der Waals surface area contributed by atoms with Gasteiger partial charge in [-0.1, -0.05) is 47.6 Å². The molecule has 1 aliphatic heterocycles. The van der Waals surface area contributed by atoms with Crippen molar-refractivity contribution < 1.29 is 29.1 Å². The molecule has 35 heavy (non-hydrogen) atoms. The van der Waals surface area contributed by atoms with Gasteiger partial charge in [0.05, 0.1) is 0 Å². The highest BCUT2D eigenvalue weighted by atomic mass is 16.4. The van der Waals surface area contributed by atoms with Gasteiger partial charge in [-0.25, -0.2) is 9.59 Å². The Balaban J connectivity index is 2.97. The standard InChI is InChI=1S/C24H41N5O6/c1-13(2)16-10-11-18(30)25-12-8-7-9-17(21(31)26-16)27-22(32)19(14(3)4)28-24(35)29-20(15(5)6)23(33)34/h10-11,13-17,19-20H,7-9,12H2,1-6H3,(H,25,30)(H,26,31)(H,27,32)(H,33,34)(H2,28,29,35)/b11-10+. The molecule has 0 spiro atoms. The lowest BCUT2D eigenvalue weighted by Crippen LogP contribution is -2.59. The molecule has 4 unspecified atom stereocenters. The first kappa shape index (κ1) is 29.9. The molecule has 198 valence electrons. The van der Waals surface area contributed by atoms with E-state index in [1.165, 1.54) is 6.08 Å². The molecule has 1 aliphatic rings. The van der Waals surface area contributed by atoms with Gasteiger partial charge in [0.25, 0.3) is 0 Å². The first-order valence-corrected chi connectivity index (χ1v) is 12.2. The Morgan fingerprint density at radius 1 is 0.971 bits per heavy atom. The summed E-state index contributed by atoms with van der Waals surface area (Å²) in [6.45, 7) is 11.1. The number of carbonyl (C=O) groups excluding carboxylic acids is 4. The summed E-state index contributed by atoms with van der Waals surface area (Å²) in [6.07, 6.45) is 4.61. The average molecular weight is 496 g/mol. The minimum atomic E-state index is -1.17. The van der Waals surface area contributed by atoms with Crippen LogP contribution in [0.15, 0.2) is 12.2 Å². The van der Waals surface area contributed by atoms with E-state index in [9.17, 15) is 29.1 Å². The summed E-state index contributed by atoms with van der Waals surface area (Å²) in [5.41, 5.74) is 0. The van der Waals surface area contributed by atoms with Crippen LogP contribution in [0.25, 0.3) is 0 Å². The number of rotatable bonds is 8. The summed E-state index contributed by atoms with van der Waals surface area (Å²) in [5.74, 6) is -2.96. The minimum Gasteiger partial charge on any atom is -0.480 e. The van der Waals surface area contributed by atoms with E-state index in [2.05, 4.69) is 26.6 Å². The molecule has 0 saturated carbocycles. The van der Waals surface area contributed by atoms with Gasteiger partial charge in [0.2, 0.25) is 17.7 Å². The van der Waals surface area contributed by atoms with Crippen molar-refractivity contribution in [2.75, 3.05) is 6.54 Å². The zero-order valence-electron chi connectivity index (χ0n) is 21.5. The number of hydrogen-bond donors (Lipinski definition) is 6. The van der Waals surface area contributed by atoms with Gasteiger partial charge in [-0.15, -0.1) is 0 Å². The van der Waals surface area contributed by atoms with Crippen LogP contribution in [0.2, 0.25) is 0 Å². The van der Waals surface area contributed by atoms with Gasteiger partial charge >= 0.3 is 12.0 Å². The fraction of sp³-hybridized carbons (Fsp3) is 0.708. The van der Waals surface area contributed by atoms with E-state index in [0.29, 0.717) is 25.8 Å². The third-order valence-corrected chi connectivity index (χ3v) is 5.79. The first-order valence-electron chi connectivity index (χ1n) is 12.2. The molecule has 5 amide bonds. The monoisotopic (exact) mass is 495 g/mol. The van der Waals surface area contributed by atoms with Crippen molar-refractivity contribution in [3.63, 3.8) is 0 Å². The van der Waals surface area contributed by atoms with Gasteiger partial charge < -0.3 is 31.7 Å². The Bertz CT molecular complexity index is 795. The molecule has 0 bridgehead atoms. The van der Waals surface area contributed by atoms with Gasteiger partial charge in [-0.2, -0.15) is 0 Å². The SMILES string of the molecule is CC(C)C1/C=C/C(=O)NCCCCC(NC(=O)C(NC(=O)NC(C(=O)O)C(C)C)C(C)C)C(=O)N1. The van der Waals surface area contributed by atoms with E-state index in [1.807, 2.05) is 13.8 Å². The molecule has 1 rings (SSSR count). The van der Waals surface area contributed by atoms with E-state index in [0.717, 1.165) is 0 Å². The number of carbonyl (C=O) groups is 5. The van der Waals surface area contributed by atoms with E-state index in [1.54, 1.807) is 33.8 Å². The summed E-state index contributed by atoms with van der Waals surface area (Å²) in [4.78, 5) is 61.9. The van der Waals surface area contributed by atoms with E-state index in [4.69, 9.17) is 0 Å². The molecule has 0 aliphatic carbocycles. The second-order valence-corrected chi connectivity index (χ2v) is 9.88. The summed E-state index contributed by atoms with van der Waals surface area (Å²) >= 11 is 0. The number of amides is 5. The van der Waals surface area contributed by atoms with Crippen molar-refractivity contribution in [1.82, 2.24) is 26.6 Å². The molecule has 0 aromatic heterocycles. The Morgan fingerprint density at radius 2 is 1.57 bits per heavy atom. The van der Waals surface area contributed by atoms with Crippen LogP contribution in [0.3, 0.4) is 0 Å². The molecule has 0 saturated heterocycles. The van der Waals surface area contributed by atoms with Crippen molar-refractivity contribution in [3.05, 3.63) is 12.2 Å². The van der Waals surface area contributed by atoms with Gasteiger partial charge in [0.15, 0.2) is 0 Å². The van der Waals surface area contributed by atoms with Gasteiger partial charge in [0, 0.05) is 18.7 Å². The zero-order valence-corrected chi connectivity index (χ0v) is 21.5. The van der Waals surface area contributed by atoms with Crippen LogP contribution in [-0.2, 0) is 19.2 Å². The maximum atomic E-state index is 13.1. The number of carboxylic acids is 1. The van der Waals surface area contributed by atoms with Crippen molar-refractivity contribution in [3.8, 4) is 0 Å². The third kappa shape index (κ3) is 10.4. The molecule has 0 aromatic carbocycles. The minimum absolute atomic E-state index is 0.0132. The van der Waals surface area contributed by atoms with Crippen LogP contribution in [0.4, 0.5) is 4.79 Å². The third-order valence-electron chi connectivity index (χ3n) is 5.79. The van der Waals surface area contributed by atoms with Crippen LogP contribution in [-0.4, -0.2) is 65.5 Å². The molecule has 0 radical (unpaired) electrons. The number of urea groups is 1.